The first-order valence-corrected chi connectivity index (χ1v) is 7.18. The summed E-state index contributed by atoms with van der Waals surface area (Å²) >= 11 is 0. The second-order valence-electron chi connectivity index (χ2n) is 5.29. The number of rotatable bonds is 8. The minimum Gasteiger partial charge on any atom is -0.501 e. The topological polar surface area (TPSA) is 68.5 Å². The fourth-order valence-corrected chi connectivity index (χ4v) is 1.96. The van der Waals surface area contributed by atoms with E-state index in [2.05, 4.69) is 0 Å². The van der Waals surface area contributed by atoms with Gasteiger partial charge in [-0.1, -0.05) is 13.8 Å². The second kappa shape index (κ2) is 8.29. The zero-order chi connectivity index (χ0) is 15.8. The summed E-state index contributed by atoms with van der Waals surface area (Å²) in [5.41, 5.74) is 0.377. The molecular weight excluding hydrogens is 270 g/mol. The van der Waals surface area contributed by atoms with Crippen LogP contribution in [0.15, 0.2) is 29.4 Å². The number of carbonyl (C=O) groups is 1. The highest BCUT2D eigenvalue weighted by Gasteiger charge is 2.20. The van der Waals surface area contributed by atoms with Crippen LogP contribution >= 0.6 is 0 Å². The Morgan fingerprint density at radius 2 is 2.14 bits per heavy atom. The summed E-state index contributed by atoms with van der Waals surface area (Å²) in [6, 6.07) is 2.31. The number of hydrogen-bond donors (Lipinski definition) is 1. The van der Waals surface area contributed by atoms with Crippen molar-refractivity contribution in [1.29, 1.82) is 0 Å². The van der Waals surface area contributed by atoms with Gasteiger partial charge in [-0.2, -0.15) is 0 Å². The van der Waals surface area contributed by atoms with E-state index >= 15 is 0 Å². The molecule has 5 nitrogen and oxygen atoms in total. The predicted octanol–water partition coefficient (Wildman–Crippen LogP) is 2.92. The summed E-state index contributed by atoms with van der Waals surface area (Å²) in [6.07, 6.45) is 5.94. The highest BCUT2D eigenvalue weighted by molar-refractivity contribution is 5.71. The van der Waals surface area contributed by atoms with Crippen LogP contribution in [0.2, 0.25) is 0 Å². The molecule has 1 aromatic heterocycles. The Hall–Kier alpha value is -2.04. The monoisotopic (exact) mass is 293 g/mol. The standard InChI is InChI=1S/C16H23NO4/c1-4-21-10-8-13-7-9-17(15(18)11-13)14(16(19)20)6-5-12(2)3/h7-12,14H,4-6H2,1-3H3,(H,19,20). The van der Waals surface area contributed by atoms with E-state index in [0.29, 0.717) is 24.5 Å². The molecule has 0 aliphatic heterocycles. The molecule has 0 bridgehead atoms. The molecule has 1 rings (SSSR count). The van der Waals surface area contributed by atoms with Crippen molar-refractivity contribution in [3.8, 4) is 0 Å². The highest BCUT2D eigenvalue weighted by Crippen LogP contribution is 2.16. The summed E-state index contributed by atoms with van der Waals surface area (Å²) < 4.78 is 6.36. The van der Waals surface area contributed by atoms with Gasteiger partial charge in [-0.3, -0.25) is 4.79 Å². The van der Waals surface area contributed by atoms with Gasteiger partial charge < -0.3 is 14.4 Å². The van der Waals surface area contributed by atoms with Crippen LogP contribution in [-0.4, -0.2) is 22.2 Å². The lowest BCUT2D eigenvalue weighted by Gasteiger charge is -2.16. The van der Waals surface area contributed by atoms with Gasteiger partial charge in [-0.05, 0) is 43.4 Å². The summed E-state index contributed by atoms with van der Waals surface area (Å²) in [5, 5.41) is 9.31. The van der Waals surface area contributed by atoms with Crippen LogP contribution in [0.1, 0.15) is 45.2 Å². The Morgan fingerprint density at radius 1 is 1.43 bits per heavy atom. The number of hydrogen-bond acceptors (Lipinski definition) is 3. The van der Waals surface area contributed by atoms with Crippen molar-refractivity contribution in [1.82, 2.24) is 4.57 Å². The lowest BCUT2D eigenvalue weighted by Crippen LogP contribution is -2.29. The van der Waals surface area contributed by atoms with Crippen molar-refractivity contribution in [3.05, 3.63) is 40.5 Å². The molecule has 1 heterocycles. The molecule has 0 amide bonds. The molecule has 0 fully saturated rings. The van der Waals surface area contributed by atoms with E-state index < -0.39 is 12.0 Å². The van der Waals surface area contributed by atoms with Crippen LogP contribution in [-0.2, 0) is 9.53 Å². The molecular formula is C16H23NO4. The van der Waals surface area contributed by atoms with E-state index in [1.54, 1.807) is 12.1 Å². The Labute approximate surface area is 124 Å². The highest BCUT2D eigenvalue weighted by atomic mass is 16.5. The second-order valence-corrected chi connectivity index (χ2v) is 5.29. The number of carboxylic acids is 1. The van der Waals surface area contributed by atoms with Crippen LogP contribution < -0.4 is 5.56 Å². The van der Waals surface area contributed by atoms with Crippen molar-refractivity contribution >= 4 is 12.0 Å². The van der Waals surface area contributed by atoms with E-state index in [-0.39, 0.29) is 5.56 Å². The van der Waals surface area contributed by atoms with E-state index in [0.717, 1.165) is 6.42 Å². The number of aliphatic carboxylic acids is 1. The van der Waals surface area contributed by atoms with Crippen LogP contribution in [0.5, 0.6) is 0 Å². The average molecular weight is 293 g/mol. The van der Waals surface area contributed by atoms with Gasteiger partial charge in [0.25, 0.3) is 5.56 Å². The van der Waals surface area contributed by atoms with E-state index in [4.69, 9.17) is 4.74 Å². The van der Waals surface area contributed by atoms with Crippen LogP contribution in [0.3, 0.4) is 0 Å². The first-order valence-electron chi connectivity index (χ1n) is 7.18. The van der Waals surface area contributed by atoms with Gasteiger partial charge in [-0.15, -0.1) is 0 Å². The number of ether oxygens (including phenoxy) is 1. The molecule has 0 saturated heterocycles. The quantitative estimate of drug-likeness (QED) is 0.748. The Kier molecular flexibility index (Phi) is 6.72. The van der Waals surface area contributed by atoms with Crippen LogP contribution in [0.4, 0.5) is 0 Å². The molecule has 21 heavy (non-hydrogen) atoms. The maximum atomic E-state index is 12.1. The van der Waals surface area contributed by atoms with Crippen LogP contribution in [0, 0.1) is 5.92 Å². The molecule has 0 saturated carbocycles. The molecule has 0 aromatic carbocycles. The summed E-state index contributed by atoms with van der Waals surface area (Å²) in [4.78, 5) is 23.5. The molecule has 0 aliphatic rings. The van der Waals surface area contributed by atoms with Gasteiger partial charge in [0.1, 0.15) is 6.04 Å². The van der Waals surface area contributed by atoms with Gasteiger partial charge >= 0.3 is 5.97 Å². The zero-order valence-corrected chi connectivity index (χ0v) is 12.8. The van der Waals surface area contributed by atoms with E-state index in [1.807, 2.05) is 20.8 Å². The number of pyridine rings is 1. The minimum absolute atomic E-state index is 0.315. The fraction of sp³-hybridized carbons (Fsp3) is 0.500. The average Bonchev–Trinajstić information content (AvgIpc) is 2.40. The van der Waals surface area contributed by atoms with E-state index in [1.165, 1.54) is 23.1 Å². The van der Waals surface area contributed by atoms with Crippen molar-refractivity contribution in [2.45, 2.75) is 39.7 Å². The van der Waals surface area contributed by atoms with Crippen molar-refractivity contribution < 1.29 is 14.6 Å². The molecule has 5 heteroatoms. The van der Waals surface area contributed by atoms with Crippen LogP contribution in [0.25, 0.3) is 6.08 Å². The van der Waals surface area contributed by atoms with Gasteiger partial charge in [0.15, 0.2) is 0 Å². The maximum Gasteiger partial charge on any atom is 0.326 e. The normalized spacial score (nSPS) is 12.8. The third kappa shape index (κ3) is 5.45. The lowest BCUT2D eigenvalue weighted by molar-refractivity contribution is -0.141. The fourth-order valence-electron chi connectivity index (χ4n) is 1.96. The summed E-state index contributed by atoms with van der Waals surface area (Å²) in [5.74, 6) is -0.577. The predicted molar refractivity (Wildman–Crippen MR) is 82.1 cm³/mol. The summed E-state index contributed by atoms with van der Waals surface area (Å²) in [7, 11) is 0. The van der Waals surface area contributed by atoms with Crippen molar-refractivity contribution in [3.63, 3.8) is 0 Å². The lowest BCUT2D eigenvalue weighted by atomic mass is 10.0. The first-order chi connectivity index (χ1) is 9.95. The first kappa shape index (κ1) is 17.0. The Morgan fingerprint density at radius 3 is 2.67 bits per heavy atom. The van der Waals surface area contributed by atoms with Gasteiger partial charge in [-0.25, -0.2) is 4.79 Å². The summed E-state index contributed by atoms with van der Waals surface area (Å²) in [6.45, 7) is 6.49. The Bertz CT molecular complexity index is 545. The van der Waals surface area contributed by atoms with Gasteiger partial charge in [0.05, 0.1) is 12.9 Å². The zero-order valence-electron chi connectivity index (χ0n) is 12.8. The Balaban J connectivity index is 2.94. The molecule has 1 atom stereocenters. The molecule has 116 valence electrons. The third-order valence-electron chi connectivity index (χ3n) is 3.13. The third-order valence-corrected chi connectivity index (χ3v) is 3.13. The van der Waals surface area contributed by atoms with E-state index in [9.17, 15) is 14.7 Å². The van der Waals surface area contributed by atoms with Gasteiger partial charge in [0.2, 0.25) is 0 Å². The number of carboxylic acid groups (broad SMARTS) is 1. The van der Waals surface area contributed by atoms with Crippen molar-refractivity contribution in [2.24, 2.45) is 5.92 Å². The SMILES string of the molecule is CCOC=Cc1ccn(C(CCC(C)C)C(=O)O)c(=O)c1. The number of nitrogens with zero attached hydrogens (tertiary/aromatic N) is 1. The molecule has 0 radical (unpaired) electrons. The molecule has 1 unspecified atom stereocenters. The maximum absolute atomic E-state index is 12.1. The molecule has 0 aliphatic carbocycles. The molecule has 1 aromatic rings. The minimum atomic E-state index is -0.977. The molecule has 1 N–H and O–H groups in total. The smallest absolute Gasteiger partial charge is 0.326 e. The molecule has 0 spiro atoms. The number of aromatic nitrogens is 1. The van der Waals surface area contributed by atoms with Gasteiger partial charge in [0, 0.05) is 12.3 Å². The largest absolute Gasteiger partial charge is 0.501 e. The van der Waals surface area contributed by atoms with Crippen molar-refractivity contribution in [2.75, 3.05) is 6.61 Å².